The first-order chi connectivity index (χ1) is 18.3. The molecule has 1 N–H and O–H groups in total. The van der Waals surface area contributed by atoms with Crippen molar-refractivity contribution in [2.45, 2.75) is 45.9 Å². The number of hydrogen-bond acceptors (Lipinski definition) is 9. The number of esters is 1. The van der Waals surface area contributed by atoms with E-state index in [2.05, 4.69) is 0 Å². The van der Waals surface area contributed by atoms with Crippen molar-refractivity contribution in [1.82, 2.24) is 4.90 Å². The molecule has 0 bridgehead atoms. The Hall–Kier alpha value is -3.72. The number of likely N-dealkylation sites (tertiary alicyclic amines) is 1. The van der Waals surface area contributed by atoms with Crippen molar-refractivity contribution in [3.63, 3.8) is 0 Å². The number of amides is 1. The molecule has 1 saturated heterocycles. The number of nitriles is 1. The molecular weight excluding hydrogens is 546 g/mol. The van der Waals surface area contributed by atoms with Gasteiger partial charge in [0.15, 0.2) is 5.12 Å². The summed E-state index contributed by atoms with van der Waals surface area (Å²) in [5.74, 6) is -2.60. The van der Waals surface area contributed by atoms with Gasteiger partial charge in [-0.1, -0.05) is 44.5 Å². The van der Waals surface area contributed by atoms with Gasteiger partial charge in [0.05, 0.1) is 33.5 Å². The number of alkyl halides is 1. The third-order valence-corrected chi connectivity index (χ3v) is 7.71. The molecule has 39 heavy (non-hydrogen) atoms. The molecule has 0 radical (unpaired) electrons. The number of nitro benzene ring substituents is 1. The number of rotatable bonds is 8. The van der Waals surface area contributed by atoms with Crippen LogP contribution in [0.15, 0.2) is 54.2 Å². The number of halogens is 1. The fraction of sp³-hybridized carbons (Fsp3) is 0.333. The molecule has 10 nitrogen and oxygen atoms in total. The first-order valence-electron chi connectivity index (χ1n) is 11.8. The summed E-state index contributed by atoms with van der Waals surface area (Å²) < 4.78 is 5.49. The molecule has 204 valence electrons. The van der Waals surface area contributed by atoms with Gasteiger partial charge in [0.25, 0.3) is 5.69 Å². The zero-order valence-corrected chi connectivity index (χ0v) is 23.2. The minimum absolute atomic E-state index is 0.0590. The summed E-state index contributed by atoms with van der Waals surface area (Å²) >= 11 is 7.20. The predicted molar refractivity (Wildman–Crippen MR) is 145 cm³/mol. The normalized spacial score (nSPS) is 18.4. The van der Waals surface area contributed by atoms with Gasteiger partial charge in [0, 0.05) is 17.5 Å². The zero-order valence-electron chi connectivity index (χ0n) is 21.6. The van der Waals surface area contributed by atoms with E-state index in [1.165, 1.54) is 37.3 Å². The van der Waals surface area contributed by atoms with Crippen molar-refractivity contribution in [2.24, 2.45) is 11.3 Å². The molecule has 1 aliphatic heterocycles. The largest absolute Gasteiger partial charge is 0.456 e. The molecule has 3 rings (SSSR count). The summed E-state index contributed by atoms with van der Waals surface area (Å²) in [5.41, 5.74) is -1.38. The van der Waals surface area contributed by atoms with Crippen LogP contribution in [0.1, 0.15) is 44.4 Å². The van der Waals surface area contributed by atoms with E-state index in [1.807, 2.05) is 6.07 Å². The Bertz CT molecular complexity index is 1380. The van der Waals surface area contributed by atoms with Crippen LogP contribution >= 0.6 is 23.4 Å². The number of β-lactam (4-membered cyclic amide) rings is 1. The van der Waals surface area contributed by atoms with Crippen LogP contribution in [0.2, 0.25) is 0 Å². The minimum Gasteiger partial charge on any atom is -0.456 e. The summed E-state index contributed by atoms with van der Waals surface area (Å²) in [5, 5.41) is 30.1. The number of nitro groups is 1. The van der Waals surface area contributed by atoms with Gasteiger partial charge in [-0.25, -0.2) is 4.79 Å². The van der Waals surface area contributed by atoms with Crippen molar-refractivity contribution in [3.05, 3.63) is 81.0 Å². The third kappa shape index (κ3) is 6.65. The number of ether oxygens (including phenoxy) is 1. The van der Waals surface area contributed by atoms with Gasteiger partial charge >= 0.3 is 5.97 Å². The number of carbonyl (C=O) groups excluding carboxylic acids is 3. The van der Waals surface area contributed by atoms with E-state index in [1.54, 1.807) is 39.0 Å². The van der Waals surface area contributed by atoms with Crippen molar-refractivity contribution in [2.75, 3.05) is 0 Å². The highest BCUT2D eigenvalue weighted by Gasteiger charge is 2.53. The highest BCUT2D eigenvalue weighted by molar-refractivity contribution is 8.21. The lowest BCUT2D eigenvalue weighted by Crippen LogP contribution is -2.62. The average molecular weight is 572 g/mol. The predicted octanol–water partition coefficient (Wildman–Crippen LogP) is 4.59. The summed E-state index contributed by atoms with van der Waals surface area (Å²) in [6, 6.07) is 13.6. The number of non-ortho nitro benzene ring substituents is 1. The highest BCUT2D eigenvalue weighted by Crippen LogP contribution is 2.44. The van der Waals surface area contributed by atoms with Gasteiger partial charge in [-0.2, -0.15) is 5.26 Å². The molecule has 2 aromatic carbocycles. The van der Waals surface area contributed by atoms with Gasteiger partial charge in [-0.3, -0.25) is 24.6 Å². The summed E-state index contributed by atoms with van der Waals surface area (Å²) in [4.78, 5) is 51.3. The molecule has 1 fully saturated rings. The van der Waals surface area contributed by atoms with Gasteiger partial charge in [-0.05, 0) is 54.1 Å². The SMILES string of the molecule is C[C@@H](O)[C@H]1C(=O)N(C(C(=O)OCc2ccc([N+](=O)[O-])cc2)=C(SC(=O)C(C)(C)C)c2cccc(C#N)c2)[C@H]1Cl. The van der Waals surface area contributed by atoms with E-state index in [0.29, 0.717) is 11.1 Å². The lowest BCUT2D eigenvalue weighted by molar-refractivity contribution is -0.384. The van der Waals surface area contributed by atoms with Gasteiger partial charge in [0.2, 0.25) is 5.91 Å². The van der Waals surface area contributed by atoms with E-state index >= 15 is 0 Å². The number of aliphatic hydroxyl groups excluding tert-OH is 1. The number of nitrogens with zero attached hydrogens (tertiary/aromatic N) is 3. The highest BCUT2D eigenvalue weighted by atomic mass is 35.5. The maximum Gasteiger partial charge on any atom is 0.356 e. The molecule has 0 aliphatic carbocycles. The molecular formula is C27H26ClN3O7S. The lowest BCUT2D eigenvalue weighted by atomic mass is 9.91. The smallest absolute Gasteiger partial charge is 0.356 e. The second kappa shape index (κ2) is 12.0. The van der Waals surface area contributed by atoms with Crippen molar-refractivity contribution in [3.8, 4) is 6.07 Å². The Kier molecular flexibility index (Phi) is 9.17. The van der Waals surface area contributed by atoms with Crippen LogP contribution in [0, 0.1) is 32.8 Å². The number of hydrogen-bond donors (Lipinski definition) is 1. The van der Waals surface area contributed by atoms with Crippen LogP contribution in [0.5, 0.6) is 0 Å². The molecule has 1 aliphatic rings. The van der Waals surface area contributed by atoms with Gasteiger partial charge in [0.1, 0.15) is 17.8 Å². The van der Waals surface area contributed by atoms with Gasteiger partial charge < -0.3 is 9.84 Å². The maximum absolute atomic E-state index is 13.6. The molecule has 12 heteroatoms. The third-order valence-electron chi connectivity index (χ3n) is 5.81. The molecule has 0 spiro atoms. The molecule has 0 unspecified atom stereocenters. The summed E-state index contributed by atoms with van der Waals surface area (Å²) in [6.45, 7) is 6.20. The first kappa shape index (κ1) is 29.8. The van der Waals surface area contributed by atoms with Crippen LogP contribution in [0.25, 0.3) is 4.91 Å². The topological polar surface area (TPSA) is 151 Å². The second-order valence-corrected chi connectivity index (χ2v) is 11.3. The lowest BCUT2D eigenvalue weighted by Gasteiger charge is -2.45. The Morgan fingerprint density at radius 1 is 1.26 bits per heavy atom. The van der Waals surface area contributed by atoms with Crippen molar-refractivity contribution < 1.29 is 29.2 Å². The van der Waals surface area contributed by atoms with Crippen molar-refractivity contribution >= 4 is 50.9 Å². The fourth-order valence-electron chi connectivity index (χ4n) is 3.60. The molecule has 2 aromatic rings. The Labute approximate surface area is 234 Å². The molecule has 0 saturated carbocycles. The van der Waals surface area contributed by atoms with E-state index in [-0.39, 0.29) is 33.6 Å². The van der Waals surface area contributed by atoms with Crippen LogP contribution in [-0.2, 0) is 25.7 Å². The number of benzene rings is 2. The second-order valence-electron chi connectivity index (χ2n) is 9.86. The fourth-order valence-corrected chi connectivity index (χ4v) is 5.13. The summed E-state index contributed by atoms with van der Waals surface area (Å²) in [7, 11) is 0. The number of carbonyl (C=O) groups is 3. The molecule has 1 amide bonds. The van der Waals surface area contributed by atoms with Crippen LogP contribution in [-0.4, -0.2) is 43.5 Å². The Morgan fingerprint density at radius 3 is 2.41 bits per heavy atom. The van der Waals surface area contributed by atoms with E-state index < -0.39 is 39.7 Å². The first-order valence-corrected chi connectivity index (χ1v) is 13.0. The van der Waals surface area contributed by atoms with Crippen LogP contribution in [0.4, 0.5) is 5.69 Å². The Morgan fingerprint density at radius 2 is 1.90 bits per heavy atom. The van der Waals surface area contributed by atoms with Gasteiger partial charge in [-0.15, -0.1) is 0 Å². The molecule has 3 atom stereocenters. The number of aliphatic hydroxyl groups is 1. The van der Waals surface area contributed by atoms with Crippen LogP contribution < -0.4 is 0 Å². The minimum atomic E-state index is -1.11. The molecule has 1 heterocycles. The zero-order chi connectivity index (χ0) is 29.1. The summed E-state index contributed by atoms with van der Waals surface area (Å²) in [6.07, 6.45) is -1.09. The quantitative estimate of drug-likeness (QED) is 0.0912. The van der Waals surface area contributed by atoms with E-state index in [9.17, 15) is 34.9 Å². The van der Waals surface area contributed by atoms with Crippen LogP contribution in [0.3, 0.4) is 0 Å². The van der Waals surface area contributed by atoms with E-state index in [0.717, 1.165) is 16.7 Å². The monoisotopic (exact) mass is 571 g/mol. The number of thioether (sulfide) groups is 1. The van der Waals surface area contributed by atoms with Crippen molar-refractivity contribution in [1.29, 1.82) is 5.26 Å². The Balaban J connectivity index is 2.12. The molecule has 0 aromatic heterocycles. The maximum atomic E-state index is 13.6. The standard InChI is InChI=1S/C27H26ClN3O7S/c1-15(32)20-23(28)30(24(20)33)21(25(34)38-14-16-8-10-19(11-9-16)31(36)37)22(39-26(35)27(2,3)4)18-7-5-6-17(12-18)13-29/h5-12,15,20,23,32H,14H2,1-4H3/t15-,20-,23-/m1/s1. The average Bonchev–Trinajstić information content (AvgIpc) is 2.88. The van der Waals surface area contributed by atoms with E-state index in [4.69, 9.17) is 16.3 Å².